The van der Waals surface area contributed by atoms with Gasteiger partial charge in [-0.2, -0.15) is 0 Å². The summed E-state index contributed by atoms with van der Waals surface area (Å²) in [4.78, 5) is 32.3. The number of aliphatic hydroxyl groups is 1. The van der Waals surface area contributed by atoms with E-state index in [4.69, 9.17) is 38.5 Å². The number of aliphatic imine (C=N–C) groups is 1. The Labute approximate surface area is 287 Å². The van der Waals surface area contributed by atoms with E-state index in [0.29, 0.717) is 60.1 Å². The van der Waals surface area contributed by atoms with Gasteiger partial charge in [0.15, 0.2) is 23.1 Å². The third kappa shape index (κ3) is 9.86. The number of aliphatic hydroxyl groups excluding tert-OH is 1. The summed E-state index contributed by atoms with van der Waals surface area (Å²) in [6.45, 7) is 6.18. The first-order valence-electron chi connectivity index (χ1n) is 16.2. The smallest absolute Gasteiger partial charge is 0.306 e. The number of carbonyl (C=O) groups excluding carboxylic acids is 2. The van der Waals surface area contributed by atoms with Crippen LogP contribution in [0.2, 0.25) is 0 Å². The molecule has 3 aromatic carbocycles. The highest BCUT2D eigenvalue weighted by molar-refractivity contribution is 6.01. The summed E-state index contributed by atoms with van der Waals surface area (Å²) in [6.07, 6.45) is 0.0844. The van der Waals surface area contributed by atoms with E-state index in [1.807, 2.05) is 30.3 Å². The molecule has 12 heteroatoms. The molecular formula is C37H47N3O9. The average Bonchev–Trinajstić information content (AvgIpc) is 3.49. The summed E-state index contributed by atoms with van der Waals surface area (Å²) in [5.74, 6) is 1.73. The number of esters is 1. The summed E-state index contributed by atoms with van der Waals surface area (Å²) in [5.41, 5.74) is 5.85. The Balaban J connectivity index is 1.65. The Morgan fingerprint density at radius 2 is 1.69 bits per heavy atom. The van der Waals surface area contributed by atoms with Crippen LogP contribution in [0, 0.1) is 0 Å². The molecule has 3 aromatic rings. The summed E-state index contributed by atoms with van der Waals surface area (Å²) in [7, 11) is 4.72. The van der Waals surface area contributed by atoms with Crippen molar-refractivity contribution in [3.05, 3.63) is 83.4 Å². The SMILES string of the molecule is COc1cccc([C@@H]2OC(c3ccc(OCCCO)cc3)=N[C@]2(CCC(=O)OC(C)(C)C)C(=O)NNCCc2ccc(OC)c(OC)c2)c1. The number of nitrogens with zero attached hydrogens (tertiary/aromatic N) is 1. The van der Waals surface area contributed by atoms with Gasteiger partial charge in [-0.25, -0.2) is 10.4 Å². The second-order valence-corrected chi connectivity index (χ2v) is 12.5. The van der Waals surface area contributed by atoms with Gasteiger partial charge >= 0.3 is 5.97 Å². The van der Waals surface area contributed by atoms with Crippen molar-refractivity contribution in [3.8, 4) is 23.0 Å². The van der Waals surface area contributed by atoms with E-state index in [-0.39, 0.29) is 25.3 Å². The van der Waals surface area contributed by atoms with Crippen LogP contribution in [-0.4, -0.2) is 75.1 Å². The second kappa shape index (κ2) is 17.0. The summed E-state index contributed by atoms with van der Waals surface area (Å²) >= 11 is 0. The van der Waals surface area contributed by atoms with Crippen molar-refractivity contribution in [3.63, 3.8) is 0 Å². The third-order valence-electron chi connectivity index (χ3n) is 7.75. The predicted molar refractivity (Wildman–Crippen MR) is 184 cm³/mol. The first-order chi connectivity index (χ1) is 23.5. The predicted octanol–water partition coefficient (Wildman–Crippen LogP) is 4.72. The van der Waals surface area contributed by atoms with Crippen LogP contribution in [0.1, 0.15) is 62.8 Å². The van der Waals surface area contributed by atoms with E-state index in [1.54, 1.807) is 78.5 Å². The Kier molecular flexibility index (Phi) is 12.9. The molecule has 0 aliphatic carbocycles. The molecule has 0 spiro atoms. The van der Waals surface area contributed by atoms with Crippen LogP contribution in [0.15, 0.2) is 71.7 Å². The fourth-order valence-corrected chi connectivity index (χ4v) is 5.35. The third-order valence-corrected chi connectivity index (χ3v) is 7.75. The highest BCUT2D eigenvalue weighted by atomic mass is 16.6. The lowest BCUT2D eigenvalue weighted by Crippen LogP contribution is -2.53. The molecule has 0 bridgehead atoms. The summed E-state index contributed by atoms with van der Waals surface area (Å²) in [5, 5.41) is 9.07. The molecule has 1 heterocycles. The van der Waals surface area contributed by atoms with E-state index in [2.05, 4.69) is 10.9 Å². The van der Waals surface area contributed by atoms with Gasteiger partial charge in [0.2, 0.25) is 5.90 Å². The first-order valence-corrected chi connectivity index (χ1v) is 16.2. The summed E-state index contributed by atoms with van der Waals surface area (Å²) < 4.78 is 34.0. The molecule has 1 aliphatic heterocycles. The highest BCUT2D eigenvalue weighted by Crippen LogP contribution is 2.44. The number of rotatable bonds is 17. The van der Waals surface area contributed by atoms with Gasteiger partial charge in [-0.15, -0.1) is 0 Å². The average molecular weight is 678 g/mol. The zero-order chi connectivity index (χ0) is 35.4. The molecule has 1 aliphatic rings. The fourth-order valence-electron chi connectivity index (χ4n) is 5.35. The van der Waals surface area contributed by atoms with E-state index in [0.717, 1.165) is 5.56 Å². The zero-order valence-corrected chi connectivity index (χ0v) is 29.0. The topological polar surface area (TPSA) is 146 Å². The minimum Gasteiger partial charge on any atom is -0.497 e. The standard InChI is InChI=1S/C37H47N3O9/c1-36(2,3)49-32(42)17-19-37(35(43)40-38-20-18-25-11-16-30(45-5)31(23-25)46-6)33(27-9-7-10-29(24-27)44-4)48-34(39-37)26-12-14-28(15-13-26)47-22-8-21-41/h7,9-16,23-24,33,38,41H,8,17-22H2,1-6H3,(H,40,43)/t33-,37-/m0/s1. The molecule has 0 fully saturated rings. The number of carbonyl (C=O) groups is 2. The lowest BCUT2D eigenvalue weighted by molar-refractivity contribution is -0.155. The van der Waals surface area contributed by atoms with Crippen LogP contribution >= 0.6 is 0 Å². The Bertz CT molecular complexity index is 1590. The number of hydrazine groups is 1. The van der Waals surface area contributed by atoms with E-state index < -0.39 is 29.1 Å². The van der Waals surface area contributed by atoms with Crippen molar-refractivity contribution in [1.29, 1.82) is 0 Å². The molecule has 0 saturated heterocycles. The van der Waals surface area contributed by atoms with Crippen molar-refractivity contribution < 1.29 is 43.1 Å². The number of amides is 1. The first kappa shape index (κ1) is 37.0. The van der Waals surface area contributed by atoms with Gasteiger partial charge < -0.3 is 33.5 Å². The van der Waals surface area contributed by atoms with Crippen molar-refractivity contribution in [2.24, 2.45) is 4.99 Å². The van der Waals surface area contributed by atoms with Crippen LogP contribution in [-0.2, 0) is 25.5 Å². The molecule has 4 rings (SSSR count). The fraction of sp³-hybridized carbons (Fsp3) is 0.432. The number of methoxy groups -OCH3 is 3. The second-order valence-electron chi connectivity index (χ2n) is 12.5. The van der Waals surface area contributed by atoms with Crippen LogP contribution in [0.3, 0.4) is 0 Å². The van der Waals surface area contributed by atoms with Gasteiger partial charge in [-0.3, -0.25) is 15.0 Å². The van der Waals surface area contributed by atoms with Gasteiger partial charge in [-0.05, 0) is 93.3 Å². The maximum absolute atomic E-state index is 14.4. The molecule has 49 heavy (non-hydrogen) atoms. The molecule has 12 nitrogen and oxygen atoms in total. The molecule has 1 amide bonds. The van der Waals surface area contributed by atoms with Crippen LogP contribution in [0.5, 0.6) is 23.0 Å². The summed E-state index contributed by atoms with van der Waals surface area (Å²) in [6, 6.07) is 20.0. The lowest BCUT2D eigenvalue weighted by atomic mass is 9.83. The number of nitrogens with one attached hydrogen (secondary N) is 2. The maximum Gasteiger partial charge on any atom is 0.306 e. The highest BCUT2D eigenvalue weighted by Gasteiger charge is 2.53. The molecule has 0 radical (unpaired) electrons. The lowest BCUT2D eigenvalue weighted by Gasteiger charge is -2.31. The van der Waals surface area contributed by atoms with E-state index in [1.165, 1.54) is 0 Å². The molecule has 264 valence electrons. The maximum atomic E-state index is 14.4. The molecule has 3 N–H and O–H groups in total. The molecule has 2 atom stereocenters. The molecule has 0 unspecified atom stereocenters. The molecule has 0 saturated carbocycles. The monoisotopic (exact) mass is 677 g/mol. The number of hydrogen-bond acceptors (Lipinski definition) is 11. The number of benzene rings is 3. The minimum absolute atomic E-state index is 0.00115. The van der Waals surface area contributed by atoms with Gasteiger partial charge in [0.25, 0.3) is 5.91 Å². The zero-order valence-electron chi connectivity index (χ0n) is 29.0. The quantitative estimate of drug-likeness (QED) is 0.104. The van der Waals surface area contributed by atoms with Gasteiger partial charge in [0.1, 0.15) is 17.1 Å². The van der Waals surface area contributed by atoms with Crippen molar-refractivity contribution in [2.45, 2.75) is 63.7 Å². The van der Waals surface area contributed by atoms with Crippen LogP contribution in [0.4, 0.5) is 0 Å². The van der Waals surface area contributed by atoms with Crippen LogP contribution < -0.4 is 29.8 Å². The molecular weight excluding hydrogens is 630 g/mol. The number of ether oxygens (including phenoxy) is 6. The Hall–Kier alpha value is -4.81. The van der Waals surface area contributed by atoms with Crippen molar-refractivity contribution >= 4 is 17.8 Å². The molecule has 0 aromatic heterocycles. The normalized spacial score (nSPS) is 17.0. The van der Waals surface area contributed by atoms with Gasteiger partial charge in [-0.1, -0.05) is 18.2 Å². The van der Waals surface area contributed by atoms with E-state index >= 15 is 0 Å². The number of hydrogen-bond donors (Lipinski definition) is 3. The van der Waals surface area contributed by atoms with Crippen molar-refractivity contribution in [2.75, 3.05) is 41.1 Å². The van der Waals surface area contributed by atoms with Crippen LogP contribution in [0.25, 0.3) is 0 Å². The van der Waals surface area contributed by atoms with Gasteiger partial charge in [0.05, 0.1) is 27.9 Å². The van der Waals surface area contributed by atoms with Crippen molar-refractivity contribution in [1.82, 2.24) is 10.9 Å². The Morgan fingerprint density at radius 3 is 2.37 bits per heavy atom. The minimum atomic E-state index is -1.56. The largest absolute Gasteiger partial charge is 0.497 e. The van der Waals surface area contributed by atoms with E-state index in [9.17, 15) is 9.59 Å². The Morgan fingerprint density at radius 1 is 0.939 bits per heavy atom. The van der Waals surface area contributed by atoms with Gasteiger partial charge in [0, 0.05) is 31.6 Å².